The lowest BCUT2D eigenvalue weighted by Crippen LogP contribution is -2.21. The molecule has 0 aliphatic heterocycles. The van der Waals surface area contributed by atoms with Crippen LogP contribution in [-0.2, 0) is 4.79 Å². The Kier molecular flexibility index (Phi) is 6.80. The lowest BCUT2D eigenvalue weighted by molar-refractivity contribution is -0.119. The van der Waals surface area contributed by atoms with Gasteiger partial charge in [0.05, 0.1) is 0 Å². The van der Waals surface area contributed by atoms with Crippen LogP contribution in [0.1, 0.15) is 19.8 Å². The largest absolute Gasteiger partial charge is 0.330 e. The van der Waals surface area contributed by atoms with Crippen molar-refractivity contribution < 1.29 is 13.6 Å². The highest BCUT2D eigenvalue weighted by Crippen LogP contribution is 2.26. The summed E-state index contributed by atoms with van der Waals surface area (Å²) in [4.78, 5) is 12.3. The SMILES string of the molecule is CC(CCCN)C(=O)Nc1ccc(SC(F)F)cc1. The topological polar surface area (TPSA) is 55.1 Å². The van der Waals surface area contributed by atoms with Gasteiger partial charge in [0, 0.05) is 16.5 Å². The molecule has 0 saturated heterocycles. The van der Waals surface area contributed by atoms with Crippen molar-refractivity contribution in [1.82, 2.24) is 0 Å². The zero-order valence-electron chi connectivity index (χ0n) is 10.7. The number of hydrogen-bond donors (Lipinski definition) is 2. The number of carbonyl (C=O) groups is 1. The maximum atomic E-state index is 12.1. The standard InChI is InChI=1S/C13H18F2N2OS/c1-9(3-2-8-16)12(18)17-10-4-6-11(7-5-10)19-13(14)15/h4-7,9,13H,2-3,8,16H2,1H3,(H,17,18). The van der Waals surface area contributed by atoms with Gasteiger partial charge in [0.25, 0.3) is 5.76 Å². The first-order valence-corrected chi connectivity index (χ1v) is 6.96. The number of rotatable bonds is 7. The number of benzene rings is 1. The van der Waals surface area contributed by atoms with Crippen molar-refractivity contribution in [2.24, 2.45) is 11.7 Å². The third kappa shape index (κ3) is 6.02. The van der Waals surface area contributed by atoms with E-state index in [1.54, 1.807) is 24.3 Å². The fourth-order valence-electron chi connectivity index (χ4n) is 1.54. The monoisotopic (exact) mass is 288 g/mol. The van der Waals surface area contributed by atoms with Crippen LogP contribution in [0.4, 0.5) is 14.5 Å². The minimum absolute atomic E-state index is 0.0808. The van der Waals surface area contributed by atoms with Gasteiger partial charge >= 0.3 is 0 Å². The highest BCUT2D eigenvalue weighted by molar-refractivity contribution is 7.99. The van der Waals surface area contributed by atoms with Gasteiger partial charge in [-0.25, -0.2) is 0 Å². The smallest absolute Gasteiger partial charge is 0.288 e. The Hall–Kier alpha value is -1.14. The van der Waals surface area contributed by atoms with Crippen LogP contribution in [-0.4, -0.2) is 18.2 Å². The maximum Gasteiger partial charge on any atom is 0.288 e. The highest BCUT2D eigenvalue weighted by Gasteiger charge is 2.12. The molecule has 19 heavy (non-hydrogen) atoms. The second-order valence-electron chi connectivity index (χ2n) is 4.22. The zero-order chi connectivity index (χ0) is 14.3. The Morgan fingerprint density at radius 3 is 2.53 bits per heavy atom. The molecule has 106 valence electrons. The number of thioether (sulfide) groups is 1. The molecule has 0 radical (unpaired) electrons. The third-order valence-electron chi connectivity index (χ3n) is 2.64. The number of anilines is 1. The number of alkyl halides is 2. The van der Waals surface area contributed by atoms with Crippen molar-refractivity contribution in [2.45, 2.75) is 30.4 Å². The van der Waals surface area contributed by atoms with Gasteiger partial charge in [-0.15, -0.1) is 0 Å². The van der Waals surface area contributed by atoms with Crippen LogP contribution in [0.2, 0.25) is 0 Å². The second kappa shape index (κ2) is 8.12. The summed E-state index contributed by atoms with van der Waals surface area (Å²) in [5.41, 5.74) is 6.00. The molecule has 6 heteroatoms. The van der Waals surface area contributed by atoms with Gasteiger partial charge < -0.3 is 11.1 Å². The van der Waals surface area contributed by atoms with Crippen LogP contribution < -0.4 is 11.1 Å². The Balaban J connectivity index is 2.50. The summed E-state index contributed by atoms with van der Waals surface area (Å²) in [6.45, 7) is 2.41. The van der Waals surface area contributed by atoms with Gasteiger partial charge in [-0.1, -0.05) is 18.7 Å². The molecular formula is C13H18F2N2OS. The Morgan fingerprint density at radius 2 is 2.00 bits per heavy atom. The van der Waals surface area contributed by atoms with Gasteiger partial charge in [0.1, 0.15) is 0 Å². The van der Waals surface area contributed by atoms with Crippen LogP contribution in [0.3, 0.4) is 0 Å². The first kappa shape index (κ1) is 15.9. The van der Waals surface area contributed by atoms with E-state index in [2.05, 4.69) is 5.32 Å². The average molecular weight is 288 g/mol. The number of hydrogen-bond acceptors (Lipinski definition) is 3. The quantitative estimate of drug-likeness (QED) is 0.757. The molecule has 1 aromatic carbocycles. The van der Waals surface area contributed by atoms with Crippen molar-refractivity contribution in [3.8, 4) is 0 Å². The van der Waals surface area contributed by atoms with Crippen LogP contribution >= 0.6 is 11.8 Å². The van der Waals surface area contributed by atoms with E-state index in [0.717, 1.165) is 12.8 Å². The number of nitrogens with one attached hydrogen (secondary N) is 1. The first-order chi connectivity index (χ1) is 9.02. The van der Waals surface area contributed by atoms with Crippen LogP contribution in [0.15, 0.2) is 29.2 Å². The van der Waals surface area contributed by atoms with E-state index < -0.39 is 5.76 Å². The lowest BCUT2D eigenvalue weighted by Gasteiger charge is -2.12. The molecule has 0 aliphatic rings. The predicted molar refractivity (Wildman–Crippen MR) is 74.4 cm³/mol. The molecule has 0 spiro atoms. The van der Waals surface area contributed by atoms with Crippen molar-refractivity contribution in [1.29, 1.82) is 0 Å². The number of nitrogens with two attached hydrogens (primary N) is 1. The Morgan fingerprint density at radius 1 is 1.37 bits per heavy atom. The molecule has 1 atom stereocenters. The fraction of sp³-hybridized carbons (Fsp3) is 0.462. The van der Waals surface area contributed by atoms with E-state index in [1.807, 2.05) is 6.92 Å². The van der Waals surface area contributed by atoms with Crippen molar-refractivity contribution in [3.05, 3.63) is 24.3 Å². The molecule has 0 heterocycles. The van der Waals surface area contributed by atoms with E-state index in [9.17, 15) is 13.6 Å². The molecule has 0 bridgehead atoms. The highest BCUT2D eigenvalue weighted by atomic mass is 32.2. The summed E-state index contributed by atoms with van der Waals surface area (Å²) in [6.07, 6.45) is 1.54. The molecule has 0 fully saturated rings. The summed E-state index contributed by atoms with van der Waals surface area (Å²) in [5, 5.41) is 2.75. The minimum Gasteiger partial charge on any atom is -0.330 e. The summed E-state index contributed by atoms with van der Waals surface area (Å²) in [6, 6.07) is 6.38. The lowest BCUT2D eigenvalue weighted by atomic mass is 10.0. The number of amides is 1. The van der Waals surface area contributed by atoms with E-state index in [4.69, 9.17) is 5.73 Å². The van der Waals surface area contributed by atoms with E-state index in [-0.39, 0.29) is 11.8 Å². The second-order valence-corrected chi connectivity index (χ2v) is 5.29. The molecule has 0 aliphatic carbocycles. The summed E-state index contributed by atoms with van der Waals surface area (Å²) in [7, 11) is 0. The van der Waals surface area contributed by atoms with Crippen molar-refractivity contribution >= 4 is 23.4 Å². The van der Waals surface area contributed by atoms with Gasteiger partial charge in [-0.2, -0.15) is 8.78 Å². The maximum absolute atomic E-state index is 12.1. The molecule has 0 saturated carbocycles. The number of halogens is 2. The van der Waals surface area contributed by atoms with Crippen LogP contribution in [0.25, 0.3) is 0 Å². The molecular weight excluding hydrogens is 270 g/mol. The Bertz CT molecular complexity index is 398. The fourth-order valence-corrected chi connectivity index (χ4v) is 2.04. The van der Waals surface area contributed by atoms with Crippen molar-refractivity contribution in [3.63, 3.8) is 0 Å². The normalized spacial score (nSPS) is 12.5. The molecule has 3 nitrogen and oxygen atoms in total. The average Bonchev–Trinajstić information content (AvgIpc) is 2.37. The van der Waals surface area contributed by atoms with Crippen molar-refractivity contribution in [2.75, 3.05) is 11.9 Å². The molecule has 1 aromatic rings. The summed E-state index contributed by atoms with van der Waals surface area (Å²) >= 11 is 0.483. The van der Waals surface area contributed by atoms with E-state index in [1.165, 1.54) is 0 Å². The molecule has 1 rings (SSSR count). The minimum atomic E-state index is -2.43. The summed E-state index contributed by atoms with van der Waals surface area (Å²) in [5.74, 6) is -2.63. The van der Waals surface area contributed by atoms with Gasteiger partial charge in [0.15, 0.2) is 0 Å². The van der Waals surface area contributed by atoms with Gasteiger partial charge in [-0.05, 0) is 43.7 Å². The zero-order valence-corrected chi connectivity index (χ0v) is 11.6. The third-order valence-corrected chi connectivity index (χ3v) is 3.36. The molecule has 3 N–H and O–H groups in total. The van der Waals surface area contributed by atoms with E-state index in [0.29, 0.717) is 28.9 Å². The number of carbonyl (C=O) groups excluding carboxylic acids is 1. The summed E-state index contributed by atoms with van der Waals surface area (Å²) < 4.78 is 24.3. The molecule has 1 amide bonds. The first-order valence-electron chi connectivity index (χ1n) is 6.08. The van der Waals surface area contributed by atoms with Gasteiger partial charge in [-0.3, -0.25) is 4.79 Å². The van der Waals surface area contributed by atoms with Crippen LogP contribution in [0.5, 0.6) is 0 Å². The Labute approximate surface area is 115 Å². The van der Waals surface area contributed by atoms with Gasteiger partial charge in [0.2, 0.25) is 5.91 Å². The van der Waals surface area contributed by atoms with Crippen LogP contribution in [0, 0.1) is 5.92 Å². The predicted octanol–water partition coefficient (Wildman–Crippen LogP) is 3.31. The molecule has 1 unspecified atom stereocenters. The molecule has 0 aromatic heterocycles. The van der Waals surface area contributed by atoms with E-state index >= 15 is 0 Å².